The third kappa shape index (κ3) is 4.82. The molecule has 27 heavy (non-hydrogen) atoms. The van der Waals surface area contributed by atoms with Crippen LogP contribution in [0.4, 0.5) is 0 Å². The Labute approximate surface area is 167 Å². The lowest BCUT2D eigenvalue weighted by Gasteiger charge is -2.04. The second-order valence-electron chi connectivity index (χ2n) is 5.98. The van der Waals surface area contributed by atoms with Gasteiger partial charge in [-0.2, -0.15) is 10.4 Å². The van der Waals surface area contributed by atoms with E-state index in [1.165, 1.54) is 11.3 Å². The second kappa shape index (κ2) is 8.63. The summed E-state index contributed by atoms with van der Waals surface area (Å²) < 4.78 is 1.80. The number of aromatic nitrogens is 1. The molecule has 0 aliphatic rings. The average Bonchev–Trinajstić information content (AvgIpc) is 3.08. The van der Waals surface area contributed by atoms with E-state index in [1.54, 1.807) is 23.0 Å². The molecule has 0 fully saturated rings. The fourth-order valence-corrected chi connectivity index (χ4v) is 3.36. The van der Waals surface area contributed by atoms with Gasteiger partial charge in [-0.25, -0.2) is 4.68 Å². The molecule has 0 N–H and O–H groups in total. The summed E-state index contributed by atoms with van der Waals surface area (Å²) in [5.41, 5.74) is 4.37. The topological polar surface area (TPSA) is 53.4 Å². The smallest absolute Gasteiger partial charge is 0.206 e. The van der Waals surface area contributed by atoms with Crippen LogP contribution in [0, 0.1) is 11.3 Å². The van der Waals surface area contributed by atoms with Crippen molar-refractivity contribution in [2.24, 2.45) is 10.1 Å². The first-order chi connectivity index (χ1) is 13.1. The molecular weight excluding hydrogens is 376 g/mol. The van der Waals surface area contributed by atoms with Gasteiger partial charge in [-0.3, -0.25) is 4.99 Å². The largest absolute Gasteiger partial charge is 0.253 e. The SMILES string of the molecule is C=C(C)CN=c1scc(-c2cccc(Cl)c2)n1N=Cc1ccc(C#N)cc1. The molecule has 0 amide bonds. The number of nitriles is 1. The van der Waals surface area contributed by atoms with Crippen molar-refractivity contribution in [3.05, 3.63) is 87.0 Å². The quantitative estimate of drug-likeness (QED) is 0.440. The maximum atomic E-state index is 8.92. The van der Waals surface area contributed by atoms with Crippen LogP contribution in [0.5, 0.6) is 0 Å². The van der Waals surface area contributed by atoms with Gasteiger partial charge in [0.15, 0.2) is 0 Å². The van der Waals surface area contributed by atoms with Crippen molar-refractivity contribution in [3.63, 3.8) is 0 Å². The van der Waals surface area contributed by atoms with Gasteiger partial charge in [-0.15, -0.1) is 11.3 Å². The average molecular weight is 393 g/mol. The molecule has 0 aliphatic heterocycles. The lowest BCUT2D eigenvalue weighted by atomic mass is 10.2. The minimum atomic E-state index is 0.544. The Morgan fingerprint density at radius 2 is 2.07 bits per heavy atom. The maximum absolute atomic E-state index is 8.92. The number of thiazole rings is 1. The number of hydrogen-bond donors (Lipinski definition) is 0. The zero-order valence-electron chi connectivity index (χ0n) is 14.8. The standard InChI is InChI=1S/C21H17ClN4S/c1-15(2)12-24-21-26(25-13-17-8-6-16(11-23)7-9-17)20(14-27-21)18-4-3-5-19(22)10-18/h3-10,13-14H,1,12H2,2H3. The first-order valence-electron chi connectivity index (χ1n) is 8.22. The second-order valence-corrected chi connectivity index (χ2v) is 7.25. The van der Waals surface area contributed by atoms with Crippen LogP contribution in [0.15, 0.2) is 76.2 Å². The van der Waals surface area contributed by atoms with E-state index in [-0.39, 0.29) is 0 Å². The Morgan fingerprint density at radius 3 is 2.74 bits per heavy atom. The summed E-state index contributed by atoms with van der Waals surface area (Å²) in [6.07, 6.45) is 1.75. The first-order valence-corrected chi connectivity index (χ1v) is 9.48. The minimum absolute atomic E-state index is 0.544. The van der Waals surface area contributed by atoms with Gasteiger partial charge in [0.2, 0.25) is 4.80 Å². The molecule has 2 aromatic carbocycles. The maximum Gasteiger partial charge on any atom is 0.206 e. The first kappa shape index (κ1) is 18.8. The van der Waals surface area contributed by atoms with E-state index < -0.39 is 0 Å². The Hall–Kier alpha value is -2.94. The summed E-state index contributed by atoms with van der Waals surface area (Å²) in [5, 5.41) is 16.2. The summed E-state index contributed by atoms with van der Waals surface area (Å²) in [4.78, 5) is 5.38. The number of nitrogens with zero attached hydrogens (tertiary/aromatic N) is 4. The number of benzene rings is 2. The van der Waals surface area contributed by atoms with Gasteiger partial charge >= 0.3 is 0 Å². The Kier molecular flexibility index (Phi) is 6.02. The minimum Gasteiger partial charge on any atom is -0.253 e. The predicted molar refractivity (Wildman–Crippen MR) is 112 cm³/mol. The molecule has 3 aromatic rings. The highest BCUT2D eigenvalue weighted by atomic mass is 35.5. The van der Waals surface area contributed by atoms with Gasteiger partial charge in [-0.05, 0) is 36.8 Å². The van der Waals surface area contributed by atoms with E-state index in [1.807, 2.05) is 48.7 Å². The molecule has 4 nitrogen and oxygen atoms in total. The molecule has 134 valence electrons. The fraction of sp³-hybridized carbons (Fsp3) is 0.0952. The van der Waals surface area contributed by atoms with E-state index >= 15 is 0 Å². The van der Waals surface area contributed by atoms with Crippen molar-refractivity contribution in [3.8, 4) is 17.3 Å². The van der Waals surface area contributed by atoms with Crippen LogP contribution >= 0.6 is 22.9 Å². The van der Waals surface area contributed by atoms with Gasteiger partial charge in [0.1, 0.15) is 0 Å². The van der Waals surface area contributed by atoms with Gasteiger partial charge in [-0.1, -0.05) is 48.0 Å². The molecule has 0 bridgehead atoms. The number of halogens is 1. The van der Waals surface area contributed by atoms with Crippen LogP contribution < -0.4 is 4.80 Å². The van der Waals surface area contributed by atoms with Crippen molar-refractivity contribution < 1.29 is 0 Å². The normalized spacial score (nSPS) is 11.7. The van der Waals surface area contributed by atoms with Crippen molar-refractivity contribution in [2.75, 3.05) is 6.54 Å². The van der Waals surface area contributed by atoms with Crippen molar-refractivity contribution in [1.29, 1.82) is 5.26 Å². The molecule has 3 rings (SSSR count). The van der Waals surface area contributed by atoms with E-state index in [4.69, 9.17) is 16.9 Å². The fourth-order valence-electron chi connectivity index (χ4n) is 2.34. The van der Waals surface area contributed by atoms with Crippen LogP contribution in [-0.4, -0.2) is 17.4 Å². The molecule has 0 saturated heterocycles. The highest BCUT2D eigenvalue weighted by Gasteiger charge is 2.08. The molecule has 0 radical (unpaired) electrons. The van der Waals surface area contributed by atoms with Crippen LogP contribution in [0.2, 0.25) is 5.02 Å². The third-order valence-corrected chi connectivity index (χ3v) is 4.74. The molecule has 0 atom stereocenters. The van der Waals surface area contributed by atoms with Crippen LogP contribution in [-0.2, 0) is 0 Å². The Balaban J connectivity index is 2.05. The van der Waals surface area contributed by atoms with Crippen LogP contribution in [0.25, 0.3) is 11.3 Å². The summed E-state index contributed by atoms with van der Waals surface area (Å²) in [5.74, 6) is 0. The third-order valence-electron chi connectivity index (χ3n) is 3.65. The molecular formula is C21H17ClN4S. The molecule has 0 saturated carbocycles. The lowest BCUT2D eigenvalue weighted by Crippen LogP contribution is -2.13. The van der Waals surface area contributed by atoms with Gasteiger partial charge in [0.25, 0.3) is 0 Å². The Bertz CT molecular complexity index is 1100. The van der Waals surface area contributed by atoms with Crippen LogP contribution in [0.1, 0.15) is 18.1 Å². The van der Waals surface area contributed by atoms with E-state index in [2.05, 4.69) is 22.7 Å². The van der Waals surface area contributed by atoms with E-state index in [9.17, 15) is 0 Å². The summed E-state index contributed by atoms with van der Waals surface area (Å²) in [6.45, 7) is 6.39. The molecule has 6 heteroatoms. The zero-order valence-corrected chi connectivity index (χ0v) is 16.3. The summed E-state index contributed by atoms with van der Waals surface area (Å²) in [6, 6.07) is 17.0. The van der Waals surface area contributed by atoms with Crippen molar-refractivity contribution >= 4 is 29.2 Å². The van der Waals surface area contributed by atoms with Crippen LogP contribution in [0.3, 0.4) is 0 Å². The van der Waals surface area contributed by atoms with Crippen molar-refractivity contribution in [1.82, 2.24) is 4.68 Å². The zero-order chi connectivity index (χ0) is 19.2. The van der Waals surface area contributed by atoms with Gasteiger partial charge in [0.05, 0.1) is 30.1 Å². The van der Waals surface area contributed by atoms with Gasteiger partial charge < -0.3 is 0 Å². The molecule has 1 heterocycles. The predicted octanol–water partition coefficient (Wildman–Crippen LogP) is 5.10. The van der Waals surface area contributed by atoms with E-state index in [0.29, 0.717) is 17.1 Å². The highest BCUT2D eigenvalue weighted by Crippen LogP contribution is 2.23. The monoisotopic (exact) mass is 392 g/mol. The molecule has 0 spiro atoms. The molecule has 0 aliphatic carbocycles. The summed E-state index contributed by atoms with van der Waals surface area (Å²) >= 11 is 7.67. The van der Waals surface area contributed by atoms with E-state index in [0.717, 1.165) is 27.2 Å². The lowest BCUT2D eigenvalue weighted by molar-refractivity contribution is 0.836. The number of hydrogen-bond acceptors (Lipinski definition) is 4. The molecule has 0 unspecified atom stereocenters. The van der Waals surface area contributed by atoms with Crippen molar-refractivity contribution in [2.45, 2.75) is 6.92 Å². The highest BCUT2D eigenvalue weighted by molar-refractivity contribution is 7.07. The Morgan fingerprint density at radius 1 is 1.30 bits per heavy atom. The molecule has 1 aromatic heterocycles. The summed E-state index contributed by atoms with van der Waals surface area (Å²) in [7, 11) is 0. The van der Waals surface area contributed by atoms with Gasteiger partial charge in [0, 0.05) is 16.0 Å². The number of rotatable bonds is 5.